The molecule has 5 heteroatoms. The number of hydrogen-bond donors (Lipinski definition) is 1. The molecular weight excluding hydrogens is 394 g/mol. The third-order valence-electron chi connectivity index (χ3n) is 4.95. The van der Waals surface area contributed by atoms with E-state index in [1.165, 1.54) is 0 Å². The van der Waals surface area contributed by atoms with Crippen LogP contribution in [0.25, 0.3) is 0 Å². The molecule has 0 bridgehead atoms. The normalized spacial score (nSPS) is 22.0. The maximum Gasteiger partial charge on any atom is 0.336 e. The summed E-state index contributed by atoms with van der Waals surface area (Å²) in [7, 11) is 0. The molecule has 0 fully saturated rings. The number of carbonyl (C=O) groups excluding carboxylic acids is 2. The summed E-state index contributed by atoms with van der Waals surface area (Å²) in [5.41, 5.74) is 3.72. The van der Waals surface area contributed by atoms with E-state index in [2.05, 4.69) is 35.1 Å². The second-order valence-electron chi connectivity index (χ2n) is 7.67. The summed E-state index contributed by atoms with van der Waals surface area (Å²) in [6, 6.07) is 7.76. The number of ketones is 1. The lowest BCUT2D eigenvalue weighted by Crippen LogP contribution is -2.38. The summed E-state index contributed by atoms with van der Waals surface area (Å²) >= 11 is 3.60. The van der Waals surface area contributed by atoms with Crippen LogP contribution in [0.1, 0.15) is 52.0 Å². The maximum absolute atomic E-state index is 13.1. The van der Waals surface area contributed by atoms with E-state index in [1.807, 2.05) is 31.2 Å². The van der Waals surface area contributed by atoms with Crippen molar-refractivity contribution in [2.75, 3.05) is 6.61 Å². The Balaban J connectivity index is 2.21. The van der Waals surface area contributed by atoms with Crippen molar-refractivity contribution in [1.29, 1.82) is 0 Å². The average molecular weight is 418 g/mol. The largest absolute Gasteiger partial charge is 0.463 e. The molecule has 0 amide bonds. The molecule has 1 aromatic carbocycles. The van der Waals surface area contributed by atoms with Crippen LogP contribution >= 0.6 is 15.9 Å². The standard InChI is InChI=1S/C21H24BrNO3/c1-5-26-20(25)17-12(2)23-15-10-21(3,4)11-16(24)19(15)18(17)13-8-6-7-9-14(13)22/h6-9,18,23H,5,10-11H2,1-4H3. The van der Waals surface area contributed by atoms with Crippen molar-refractivity contribution in [3.63, 3.8) is 0 Å². The minimum absolute atomic E-state index is 0.0941. The highest BCUT2D eigenvalue weighted by Gasteiger charge is 2.43. The van der Waals surface area contributed by atoms with Crippen LogP contribution in [-0.4, -0.2) is 18.4 Å². The highest BCUT2D eigenvalue weighted by Crippen LogP contribution is 2.47. The fourth-order valence-corrected chi connectivity index (χ4v) is 4.45. The fourth-order valence-electron chi connectivity index (χ4n) is 3.94. The highest BCUT2D eigenvalue weighted by molar-refractivity contribution is 9.10. The Morgan fingerprint density at radius 3 is 2.65 bits per heavy atom. The molecule has 0 aromatic heterocycles. The summed E-state index contributed by atoms with van der Waals surface area (Å²) in [5.74, 6) is -0.689. The number of allylic oxidation sites excluding steroid dienone is 3. The number of benzene rings is 1. The number of esters is 1. The number of ether oxygens (including phenoxy) is 1. The van der Waals surface area contributed by atoms with Gasteiger partial charge in [-0.25, -0.2) is 4.79 Å². The van der Waals surface area contributed by atoms with E-state index < -0.39 is 5.92 Å². The summed E-state index contributed by atoms with van der Waals surface area (Å²) < 4.78 is 6.19. The van der Waals surface area contributed by atoms with Crippen molar-refractivity contribution < 1.29 is 14.3 Å². The van der Waals surface area contributed by atoms with Crippen molar-refractivity contribution >= 4 is 27.7 Å². The highest BCUT2D eigenvalue weighted by atomic mass is 79.9. The van der Waals surface area contributed by atoms with Gasteiger partial charge in [0, 0.05) is 33.8 Å². The van der Waals surface area contributed by atoms with Gasteiger partial charge in [0.05, 0.1) is 12.2 Å². The Morgan fingerprint density at radius 1 is 1.31 bits per heavy atom. The molecule has 0 saturated heterocycles. The van der Waals surface area contributed by atoms with Gasteiger partial charge in [-0.05, 0) is 37.3 Å². The molecular formula is C21H24BrNO3. The lowest BCUT2D eigenvalue weighted by molar-refractivity contribution is -0.138. The van der Waals surface area contributed by atoms with E-state index in [9.17, 15) is 9.59 Å². The first-order chi connectivity index (χ1) is 12.2. The molecule has 1 aliphatic heterocycles. The second kappa shape index (κ2) is 7.03. The van der Waals surface area contributed by atoms with Gasteiger partial charge in [-0.3, -0.25) is 4.79 Å². The minimum Gasteiger partial charge on any atom is -0.463 e. The Kier molecular flexibility index (Phi) is 5.11. The third kappa shape index (κ3) is 3.37. The van der Waals surface area contributed by atoms with E-state index in [0.717, 1.165) is 27.9 Å². The summed E-state index contributed by atoms with van der Waals surface area (Å²) in [5, 5.41) is 3.34. The van der Waals surface area contributed by atoms with Crippen molar-refractivity contribution in [2.24, 2.45) is 5.41 Å². The van der Waals surface area contributed by atoms with E-state index >= 15 is 0 Å². The predicted octanol–water partition coefficient (Wildman–Crippen LogP) is 4.62. The summed E-state index contributed by atoms with van der Waals surface area (Å²) in [4.78, 5) is 25.8. The van der Waals surface area contributed by atoms with Crippen molar-refractivity contribution in [2.45, 2.75) is 46.5 Å². The van der Waals surface area contributed by atoms with Gasteiger partial charge in [0.15, 0.2) is 5.78 Å². The molecule has 1 aliphatic carbocycles. The SMILES string of the molecule is CCOC(=O)C1=C(C)NC2=C(C(=O)CC(C)(C)C2)C1c1ccccc1Br. The van der Waals surface area contributed by atoms with Crippen molar-refractivity contribution in [1.82, 2.24) is 5.32 Å². The van der Waals surface area contributed by atoms with Gasteiger partial charge in [-0.1, -0.05) is 48.0 Å². The second-order valence-corrected chi connectivity index (χ2v) is 8.53. The Bertz CT molecular complexity index is 835. The number of dihydropyridines is 1. The smallest absolute Gasteiger partial charge is 0.336 e. The van der Waals surface area contributed by atoms with E-state index in [1.54, 1.807) is 6.92 Å². The van der Waals surface area contributed by atoms with Gasteiger partial charge in [-0.2, -0.15) is 0 Å². The van der Waals surface area contributed by atoms with E-state index in [4.69, 9.17) is 4.74 Å². The van der Waals surface area contributed by atoms with Crippen LogP contribution in [0.5, 0.6) is 0 Å². The average Bonchev–Trinajstić information content (AvgIpc) is 2.53. The van der Waals surface area contributed by atoms with Crippen LogP contribution in [0.2, 0.25) is 0 Å². The quantitative estimate of drug-likeness (QED) is 0.729. The molecule has 1 atom stereocenters. The zero-order chi connectivity index (χ0) is 19.1. The topological polar surface area (TPSA) is 55.4 Å². The van der Waals surface area contributed by atoms with Gasteiger partial charge in [0.25, 0.3) is 0 Å². The van der Waals surface area contributed by atoms with E-state index in [0.29, 0.717) is 24.2 Å². The van der Waals surface area contributed by atoms with Crippen LogP contribution in [0, 0.1) is 5.41 Å². The first-order valence-corrected chi connectivity index (χ1v) is 9.70. The third-order valence-corrected chi connectivity index (χ3v) is 5.67. The molecule has 0 saturated carbocycles. The lowest BCUT2D eigenvalue weighted by Gasteiger charge is -2.39. The first kappa shape index (κ1) is 18.9. The zero-order valence-corrected chi connectivity index (χ0v) is 17.2. The Morgan fingerprint density at radius 2 is 2.00 bits per heavy atom. The number of carbonyl (C=O) groups is 2. The van der Waals surface area contributed by atoms with Crippen LogP contribution in [-0.2, 0) is 14.3 Å². The summed E-state index contributed by atoms with van der Waals surface area (Å²) in [6.45, 7) is 8.17. The fraction of sp³-hybridized carbons (Fsp3) is 0.429. The van der Waals surface area contributed by atoms with Gasteiger partial charge in [-0.15, -0.1) is 0 Å². The van der Waals surface area contributed by atoms with Gasteiger partial charge < -0.3 is 10.1 Å². The van der Waals surface area contributed by atoms with Gasteiger partial charge in [0.2, 0.25) is 0 Å². The number of hydrogen-bond acceptors (Lipinski definition) is 4. The van der Waals surface area contributed by atoms with Crippen molar-refractivity contribution in [3.8, 4) is 0 Å². The predicted molar refractivity (Wildman–Crippen MR) is 104 cm³/mol. The maximum atomic E-state index is 13.1. The molecule has 0 radical (unpaired) electrons. The molecule has 3 rings (SSSR count). The minimum atomic E-state index is -0.413. The molecule has 4 nitrogen and oxygen atoms in total. The summed E-state index contributed by atoms with van der Waals surface area (Å²) in [6.07, 6.45) is 1.26. The zero-order valence-electron chi connectivity index (χ0n) is 15.6. The molecule has 138 valence electrons. The molecule has 1 heterocycles. The van der Waals surface area contributed by atoms with Crippen LogP contribution in [0.3, 0.4) is 0 Å². The van der Waals surface area contributed by atoms with Crippen LogP contribution < -0.4 is 5.32 Å². The van der Waals surface area contributed by atoms with Crippen LogP contribution in [0.15, 0.2) is 51.3 Å². The van der Waals surface area contributed by atoms with Crippen LogP contribution in [0.4, 0.5) is 0 Å². The van der Waals surface area contributed by atoms with E-state index in [-0.39, 0.29) is 17.2 Å². The Hall–Kier alpha value is -1.88. The van der Waals surface area contributed by atoms with Gasteiger partial charge in [0.1, 0.15) is 0 Å². The Labute approximate surface area is 162 Å². The molecule has 1 N–H and O–H groups in total. The number of halogens is 1. The first-order valence-electron chi connectivity index (χ1n) is 8.90. The molecule has 26 heavy (non-hydrogen) atoms. The number of Topliss-reactive ketones (excluding diaryl/α,β-unsaturated/α-hetero) is 1. The monoisotopic (exact) mass is 417 g/mol. The molecule has 1 aromatic rings. The molecule has 2 aliphatic rings. The van der Waals surface area contributed by atoms with Crippen molar-refractivity contribution in [3.05, 3.63) is 56.8 Å². The molecule has 0 spiro atoms. The lowest BCUT2D eigenvalue weighted by atomic mass is 9.68. The molecule has 1 unspecified atom stereocenters. The van der Waals surface area contributed by atoms with Gasteiger partial charge >= 0.3 is 5.97 Å². The number of rotatable bonds is 3. The number of nitrogens with one attached hydrogen (secondary N) is 1.